The van der Waals surface area contributed by atoms with Crippen molar-refractivity contribution in [3.8, 4) is 11.5 Å². The fraction of sp³-hybridized carbons (Fsp3) is 0.600. The minimum absolute atomic E-state index is 0.317. The van der Waals surface area contributed by atoms with E-state index < -0.39 is 0 Å². The van der Waals surface area contributed by atoms with Gasteiger partial charge in [0.2, 0.25) is 0 Å². The van der Waals surface area contributed by atoms with Gasteiger partial charge < -0.3 is 14.4 Å². The standard InChI is InChI=1S/C13H19NO2.C2H6/c1-10-4-5-11(8-13(10)15-3)16-12-6-7-14(2)9-12;1-2/h4-5,8,12H,6-7,9H2,1-3H3;1-2H3. The van der Waals surface area contributed by atoms with Gasteiger partial charge in [-0.25, -0.2) is 0 Å². The molecule has 0 bridgehead atoms. The predicted octanol–water partition coefficient (Wildman–Crippen LogP) is 3.11. The Balaban J connectivity index is 0.000000771. The van der Waals surface area contributed by atoms with Crippen LogP contribution < -0.4 is 9.47 Å². The molecule has 3 heteroatoms. The zero-order chi connectivity index (χ0) is 13.5. The zero-order valence-electron chi connectivity index (χ0n) is 12.2. The van der Waals surface area contributed by atoms with Gasteiger partial charge in [0, 0.05) is 19.2 Å². The van der Waals surface area contributed by atoms with E-state index >= 15 is 0 Å². The van der Waals surface area contributed by atoms with Gasteiger partial charge >= 0.3 is 0 Å². The molecule has 3 nitrogen and oxygen atoms in total. The van der Waals surface area contributed by atoms with Gasteiger partial charge in [0.1, 0.15) is 17.6 Å². The third-order valence-corrected chi connectivity index (χ3v) is 3.03. The molecular weight excluding hydrogens is 226 g/mol. The number of likely N-dealkylation sites (N-methyl/N-ethyl adjacent to an activating group) is 1. The maximum absolute atomic E-state index is 5.92. The van der Waals surface area contributed by atoms with Crippen LogP contribution in [0.1, 0.15) is 25.8 Å². The van der Waals surface area contributed by atoms with Crippen LogP contribution in [0.15, 0.2) is 18.2 Å². The molecule has 1 aromatic rings. The van der Waals surface area contributed by atoms with Gasteiger partial charge in [-0.15, -0.1) is 0 Å². The SMILES string of the molecule is CC.COc1cc(OC2CCN(C)C2)ccc1C. The first-order chi connectivity index (χ1) is 8.69. The molecule has 2 rings (SSSR count). The van der Waals surface area contributed by atoms with Crippen molar-refractivity contribution in [3.05, 3.63) is 23.8 Å². The van der Waals surface area contributed by atoms with Crippen molar-refractivity contribution in [3.63, 3.8) is 0 Å². The topological polar surface area (TPSA) is 21.7 Å². The van der Waals surface area contributed by atoms with Crippen LogP contribution in [-0.2, 0) is 0 Å². The first-order valence-corrected chi connectivity index (χ1v) is 6.69. The molecule has 18 heavy (non-hydrogen) atoms. The van der Waals surface area contributed by atoms with Gasteiger partial charge in [-0.3, -0.25) is 0 Å². The van der Waals surface area contributed by atoms with Gasteiger partial charge in [-0.05, 0) is 32.0 Å². The highest BCUT2D eigenvalue weighted by molar-refractivity contribution is 5.39. The molecule has 0 N–H and O–H groups in total. The van der Waals surface area contributed by atoms with Gasteiger partial charge in [-0.2, -0.15) is 0 Å². The quantitative estimate of drug-likeness (QED) is 0.824. The average molecular weight is 251 g/mol. The molecule has 1 fully saturated rings. The van der Waals surface area contributed by atoms with Crippen molar-refractivity contribution < 1.29 is 9.47 Å². The summed E-state index contributed by atoms with van der Waals surface area (Å²) >= 11 is 0. The highest BCUT2D eigenvalue weighted by Crippen LogP contribution is 2.25. The highest BCUT2D eigenvalue weighted by Gasteiger charge is 2.20. The van der Waals surface area contributed by atoms with Gasteiger partial charge in [0.05, 0.1) is 7.11 Å². The van der Waals surface area contributed by atoms with Crippen LogP contribution in [-0.4, -0.2) is 38.3 Å². The Morgan fingerprint density at radius 2 is 2.00 bits per heavy atom. The van der Waals surface area contributed by atoms with Crippen LogP contribution in [0.5, 0.6) is 11.5 Å². The second-order valence-electron chi connectivity index (χ2n) is 4.42. The van der Waals surface area contributed by atoms with Crippen molar-refractivity contribution in [1.82, 2.24) is 4.90 Å². The van der Waals surface area contributed by atoms with Crippen molar-refractivity contribution in [2.75, 3.05) is 27.2 Å². The van der Waals surface area contributed by atoms with Crippen LogP contribution in [0.3, 0.4) is 0 Å². The molecule has 1 heterocycles. The smallest absolute Gasteiger partial charge is 0.125 e. The summed E-state index contributed by atoms with van der Waals surface area (Å²) in [6.45, 7) is 8.16. The number of rotatable bonds is 3. The molecule has 0 amide bonds. The normalized spacial score (nSPS) is 19.1. The molecule has 0 aliphatic carbocycles. The van der Waals surface area contributed by atoms with Crippen molar-refractivity contribution in [1.29, 1.82) is 0 Å². The summed E-state index contributed by atoms with van der Waals surface area (Å²) in [6.07, 6.45) is 1.42. The molecule has 1 aromatic carbocycles. The lowest BCUT2D eigenvalue weighted by Crippen LogP contribution is -2.21. The van der Waals surface area contributed by atoms with Crippen LogP contribution in [0.4, 0.5) is 0 Å². The van der Waals surface area contributed by atoms with Gasteiger partial charge in [0.15, 0.2) is 0 Å². The monoisotopic (exact) mass is 251 g/mol. The van der Waals surface area contributed by atoms with Gasteiger partial charge in [-0.1, -0.05) is 19.9 Å². The lowest BCUT2D eigenvalue weighted by atomic mass is 10.2. The third kappa shape index (κ3) is 3.91. The fourth-order valence-electron chi connectivity index (χ4n) is 2.06. The lowest BCUT2D eigenvalue weighted by molar-refractivity contribution is 0.207. The average Bonchev–Trinajstić information content (AvgIpc) is 2.80. The van der Waals surface area contributed by atoms with Crippen LogP contribution in [0.2, 0.25) is 0 Å². The molecule has 0 saturated carbocycles. The van der Waals surface area contributed by atoms with E-state index in [1.807, 2.05) is 39.0 Å². The first kappa shape index (κ1) is 14.8. The number of methoxy groups -OCH3 is 1. The summed E-state index contributed by atoms with van der Waals surface area (Å²) in [5.41, 5.74) is 1.14. The van der Waals surface area contributed by atoms with Crippen molar-refractivity contribution in [2.24, 2.45) is 0 Å². The minimum atomic E-state index is 0.317. The molecule has 0 aromatic heterocycles. The summed E-state index contributed by atoms with van der Waals surface area (Å²) in [7, 11) is 3.81. The molecule has 1 saturated heterocycles. The lowest BCUT2D eigenvalue weighted by Gasteiger charge is -2.15. The van der Waals surface area contributed by atoms with E-state index in [1.54, 1.807) is 7.11 Å². The zero-order valence-corrected chi connectivity index (χ0v) is 12.2. The Labute approximate surface area is 111 Å². The number of hydrogen-bond acceptors (Lipinski definition) is 3. The summed E-state index contributed by atoms with van der Waals surface area (Å²) < 4.78 is 11.2. The van der Waals surface area contributed by atoms with E-state index in [2.05, 4.69) is 11.9 Å². The van der Waals surface area contributed by atoms with E-state index in [0.29, 0.717) is 6.10 Å². The molecule has 1 unspecified atom stereocenters. The van der Waals surface area contributed by atoms with E-state index in [1.165, 1.54) is 0 Å². The highest BCUT2D eigenvalue weighted by atomic mass is 16.5. The summed E-state index contributed by atoms with van der Waals surface area (Å²) in [5, 5.41) is 0. The van der Waals surface area contributed by atoms with Crippen LogP contribution in [0.25, 0.3) is 0 Å². The second-order valence-corrected chi connectivity index (χ2v) is 4.42. The Hall–Kier alpha value is -1.22. The molecular formula is C15H25NO2. The largest absolute Gasteiger partial charge is 0.496 e. The Bertz CT molecular complexity index is 366. The van der Waals surface area contributed by atoms with E-state index in [0.717, 1.165) is 36.6 Å². The molecule has 1 aliphatic rings. The number of nitrogens with zero attached hydrogens (tertiary/aromatic N) is 1. The number of hydrogen-bond donors (Lipinski definition) is 0. The van der Waals surface area contributed by atoms with Crippen molar-refractivity contribution >= 4 is 0 Å². The van der Waals surface area contributed by atoms with Crippen molar-refractivity contribution in [2.45, 2.75) is 33.3 Å². The summed E-state index contributed by atoms with van der Waals surface area (Å²) in [6, 6.07) is 6.01. The summed E-state index contributed by atoms with van der Waals surface area (Å²) in [4.78, 5) is 2.29. The van der Waals surface area contributed by atoms with E-state index in [4.69, 9.17) is 9.47 Å². The number of aryl methyl sites for hydroxylation is 1. The Kier molecular flexibility index (Phi) is 5.99. The Morgan fingerprint density at radius 1 is 1.28 bits per heavy atom. The summed E-state index contributed by atoms with van der Waals surface area (Å²) in [5.74, 6) is 1.80. The number of benzene rings is 1. The second kappa shape index (κ2) is 7.27. The van der Waals surface area contributed by atoms with E-state index in [9.17, 15) is 0 Å². The molecule has 0 spiro atoms. The number of ether oxygens (including phenoxy) is 2. The maximum Gasteiger partial charge on any atom is 0.125 e. The molecule has 102 valence electrons. The van der Waals surface area contributed by atoms with Gasteiger partial charge in [0.25, 0.3) is 0 Å². The molecule has 1 aliphatic heterocycles. The third-order valence-electron chi connectivity index (χ3n) is 3.03. The van der Waals surface area contributed by atoms with Crippen LogP contribution in [0, 0.1) is 6.92 Å². The van der Waals surface area contributed by atoms with Crippen LogP contribution >= 0.6 is 0 Å². The van der Waals surface area contributed by atoms with E-state index in [-0.39, 0.29) is 0 Å². The molecule has 1 atom stereocenters. The maximum atomic E-state index is 5.92. The predicted molar refractivity (Wildman–Crippen MR) is 75.6 cm³/mol. The number of likely N-dealkylation sites (tertiary alicyclic amines) is 1. The molecule has 0 radical (unpaired) electrons. The fourth-order valence-corrected chi connectivity index (χ4v) is 2.06. The Morgan fingerprint density at radius 3 is 2.56 bits per heavy atom. The first-order valence-electron chi connectivity index (χ1n) is 6.69. The minimum Gasteiger partial charge on any atom is -0.496 e.